The standard InChI is InChI=1S/C12H14FN3O/c1-8(2)16-11(7-17)14-15-12(16)9-3-5-10(13)6-4-9/h3-6,8,17H,7H2,1-2H3. The van der Waals surface area contributed by atoms with Crippen molar-refractivity contribution >= 4 is 0 Å². The quantitative estimate of drug-likeness (QED) is 0.886. The first-order valence-electron chi connectivity index (χ1n) is 5.44. The molecule has 0 aliphatic carbocycles. The molecule has 0 atom stereocenters. The zero-order valence-electron chi connectivity index (χ0n) is 9.76. The van der Waals surface area contributed by atoms with E-state index in [-0.39, 0.29) is 18.5 Å². The molecule has 2 aromatic rings. The van der Waals surface area contributed by atoms with Crippen LogP contribution in [0.15, 0.2) is 24.3 Å². The number of benzene rings is 1. The molecule has 0 unspecified atom stereocenters. The minimum atomic E-state index is -0.285. The van der Waals surface area contributed by atoms with Crippen LogP contribution in [0.25, 0.3) is 11.4 Å². The molecule has 0 saturated heterocycles. The summed E-state index contributed by atoms with van der Waals surface area (Å²) < 4.78 is 14.7. The predicted molar refractivity (Wildman–Crippen MR) is 61.7 cm³/mol. The van der Waals surface area contributed by atoms with Crippen LogP contribution in [-0.4, -0.2) is 19.9 Å². The van der Waals surface area contributed by atoms with Crippen molar-refractivity contribution in [3.8, 4) is 11.4 Å². The number of rotatable bonds is 3. The van der Waals surface area contributed by atoms with Crippen molar-refractivity contribution in [2.45, 2.75) is 26.5 Å². The number of aromatic nitrogens is 3. The van der Waals surface area contributed by atoms with E-state index >= 15 is 0 Å². The zero-order chi connectivity index (χ0) is 12.4. The summed E-state index contributed by atoms with van der Waals surface area (Å²) in [7, 11) is 0. The molecule has 5 heteroatoms. The number of hydrogen-bond donors (Lipinski definition) is 1. The molecule has 1 aromatic heterocycles. The molecule has 0 radical (unpaired) electrons. The summed E-state index contributed by atoms with van der Waals surface area (Å²) in [5.41, 5.74) is 0.785. The van der Waals surface area contributed by atoms with Crippen molar-refractivity contribution in [3.05, 3.63) is 35.9 Å². The summed E-state index contributed by atoms with van der Waals surface area (Å²) in [5, 5.41) is 17.2. The van der Waals surface area contributed by atoms with Crippen molar-refractivity contribution in [1.29, 1.82) is 0 Å². The molecule has 1 aromatic carbocycles. The van der Waals surface area contributed by atoms with E-state index in [1.807, 2.05) is 18.4 Å². The van der Waals surface area contributed by atoms with Crippen LogP contribution in [0.3, 0.4) is 0 Å². The van der Waals surface area contributed by atoms with E-state index in [1.165, 1.54) is 12.1 Å². The largest absolute Gasteiger partial charge is 0.388 e. The van der Waals surface area contributed by atoms with Crippen molar-refractivity contribution in [2.75, 3.05) is 0 Å². The molecule has 90 valence electrons. The highest BCUT2D eigenvalue weighted by atomic mass is 19.1. The van der Waals surface area contributed by atoms with E-state index in [9.17, 15) is 9.50 Å². The van der Waals surface area contributed by atoms with Gasteiger partial charge in [0.05, 0.1) is 0 Å². The van der Waals surface area contributed by atoms with Gasteiger partial charge in [-0.05, 0) is 38.1 Å². The maximum absolute atomic E-state index is 12.9. The van der Waals surface area contributed by atoms with Crippen molar-refractivity contribution < 1.29 is 9.50 Å². The molecule has 0 spiro atoms. The Morgan fingerprint density at radius 3 is 2.41 bits per heavy atom. The maximum Gasteiger partial charge on any atom is 0.164 e. The Morgan fingerprint density at radius 1 is 1.24 bits per heavy atom. The first kappa shape index (κ1) is 11.7. The van der Waals surface area contributed by atoms with Gasteiger partial charge in [-0.25, -0.2) is 4.39 Å². The van der Waals surface area contributed by atoms with Gasteiger partial charge in [0.25, 0.3) is 0 Å². The lowest BCUT2D eigenvalue weighted by molar-refractivity contribution is 0.262. The highest BCUT2D eigenvalue weighted by Gasteiger charge is 2.15. The summed E-state index contributed by atoms with van der Waals surface area (Å²) in [4.78, 5) is 0. The SMILES string of the molecule is CC(C)n1c(CO)nnc1-c1ccc(F)cc1. The fourth-order valence-electron chi connectivity index (χ4n) is 1.77. The molecule has 0 bridgehead atoms. The van der Waals surface area contributed by atoms with Crippen LogP contribution in [0.2, 0.25) is 0 Å². The average Bonchev–Trinajstić information content (AvgIpc) is 2.73. The van der Waals surface area contributed by atoms with Crippen LogP contribution < -0.4 is 0 Å². The molecule has 0 aliphatic heterocycles. The van der Waals surface area contributed by atoms with Crippen molar-refractivity contribution in [3.63, 3.8) is 0 Å². The Labute approximate surface area is 98.7 Å². The van der Waals surface area contributed by atoms with Gasteiger partial charge in [0.2, 0.25) is 0 Å². The van der Waals surface area contributed by atoms with Crippen LogP contribution in [0, 0.1) is 5.82 Å². The summed E-state index contributed by atoms with van der Waals surface area (Å²) >= 11 is 0. The van der Waals surface area contributed by atoms with Crippen molar-refractivity contribution in [1.82, 2.24) is 14.8 Å². The molecule has 0 fully saturated rings. The molecule has 17 heavy (non-hydrogen) atoms. The topological polar surface area (TPSA) is 50.9 Å². The molecule has 1 heterocycles. The van der Waals surface area contributed by atoms with Crippen molar-refractivity contribution in [2.24, 2.45) is 0 Å². The van der Waals surface area contributed by atoms with E-state index < -0.39 is 0 Å². The molecule has 0 saturated carbocycles. The van der Waals surface area contributed by atoms with E-state index in [2.05, 4.69) is 10.2 Å². The van der Waals surface area contributed by atoms with Gasteiger partial charge in [0.1, 0.15) is 12.4 Å². The normalized spacial score (nSPS) is 11.1. The fraction of sp³-hybridized carbons (Fsp3) is 0.333. The second-order valence-corrected chi connectivity index (χ2v) is 4.07. The molecule has 0 amide bonds. The van der Waals surface area contributed by atoms with Crippen LogP contribution in [0.5, 0.6) is 0 Å². The van der Waals surface area contributed by atoms with Gasteiger partial charge < -0.3 is 9.67 Å². The van der Waals surface area contributed by atoms with E-state index in [4.69, 9.17) is 0 Å². The number of aliphatic hydroxyl groups excluding tert-OH is 1. The molecule has 0 aliphatic rings. The van der Waals surface area contributed by atoms with Gasteiger partial charge in [0, 0.05) is 11.6 Å². The highest BCUT2D eigenvalue weighted by Crippen LogP contribution is 2.22. The Balaban J connectivity index is 2.51. The third kappa shape index (κ3) is 2.19. The first-order chi connectivity index (χ1) is 8.13. The van der Waals surface area contributed by atoms with Crippen LogP contribution in [0.1, 0.15) is 25.7 Å². The Hall–Kier alpha value is -1.75. The molecule has 2 rings (SSSR count). The van der Waals surface area contributed by atoms with Gasteiger partial charge in [-0.1, -0.05) is 0 Å². The molecular formula is C12H14FN3O. The second kappa shape index (κ2) is 4.63. The Bertz CT molecular complexity index is 505. The Kier molecular flexibility index (Phi) is 3.19. The van der Waals surface area contributed by atoms with E-state index in [1.54, 1.807) is 12.1 Å². The maximum atomic E-state index is 12.9. The van der Waals surface area contributed by atoms with Crippen LogP contribution in [0.4, 0.5) is 4.39 Å². The Morgan fingerprint density at radius 2 is 1.88 bits per heavy atom. The molecular weight excluding hydrogens is 221 g/mol. The summed E-state index contributed by atoms with van der Waals surface area (Å²) in [6.45, 7) is 3.80. The summed E-state index contributed by atoms with van der Waals surface area (Å²) in [6.07, 6.45) is 0. The van der Waals surface area contributed by atoms with Gasteiger partial charge in [-0.15, -0.1) is 10.2 Å². The minimum Gasteiger partial charge on any atom is -0.388 e. The van der Waals surface area contributed by atoms with Gasteiger partial charge in [-0.2, -0.15) is 0 Å². The molecule has 1 N–H and O–H groups in total. The number of hydrogen-bond acceptors (Lipinski definition) is 3. The van der Waals surface area contributed by atoms with Gasteiger partial charge in [0.15, 0.2) is 11.6 Å². The van der Waals surface area contributed by atoms with Crippen LogP contribution in [-0.2, 0) is 6.61 Å². The first-order valence-corrected chi connectivity index (χ1v) is 5.44. The number of aliphatic hydroxyl groups is 1. The smallest absolute Gasteiger partial charge is 0.164 e. The minimum absolute atomic E-state index is 0.132. The monoisotopic (exact) mass is 235 g/mol. The third-order valence-electron chi connectivity index (χ3n) is 2.53. The van der Waals surface area contributed by atoms with E-state index in [0.717, 1.165) is 5.56 Å². The van der Waals surface area contributed by atoms with E-state index in [0.29, 0.717) is 11.6 Å². The average molecular weight is 235 g/mol. The molecule has 4 nitrogen and oxygen atoms in total. The van der Waals surface area contributed by atoms with Gasteiger partial charge >= 0.3 is 0 Å². The highest BCUT2D eigenvalue weighted by molar-refractivity contribution is 5.55. The number of nitrogens with zero attached hydrogens (tertiary/aromatic N) is 3. The lowest BCUT2D eigenvalue weighted by atomic mass is 10.2. The predicted octanol–water partition coefficient (Wildman–Crippen LogP) is 2.16. The van der Waals surface area contributed by atoms with Gasteiger partial charge in [-0.3, -0.25) is 0 Å². The summed E-state index contributed by atoms with van der Waals surface area (Å²) in [6, 6.07) is 6.20. The fourth-order valence-corrected chi connectivity index (χ4v) is 1.77. The van der Waals surface area contributed by atoms with Crippen LogP contribution >= 0.6 is 0 Å². The zero-order valence-corrected chi connectivity index (χ0v) is 9.76. The second-order valence-electron chi connectivity index (χ2n) is 4.07. The number of halogens is 1. The third-order valence-corrected chi connectivity index (χ3v) is 2.53. The lowest BCUT2D eigenvalue weighted by Crippen LogP contribution is -2.08. The lowest BCUT2D eigenvalue weighted by Gasteiger charge is -2.12. The summed E-state index contributed by atoms with van der Waals surface area (Å²) in [5.74, 6) is 0.870.